The normalized spacial score (nSPS) is 13.7. The number of pyridine rings is 1. The van der Waals surface area contributed by atoms with Gasteiger partial charge in [-0.3, -0.25) is 9.59 Å². The molecule has 0 radical (unpaired) electrons. The van der Waals surface area contributed by atoms with Crippen LogP contribution in [0.15, 0.2) is 24.3 Å². The second kappa shape index (κ2) is 10.0. The molecular weight excluding hydrogens is 426 g/mol. The van der Waals surface area contributed by atoms with Crippen LogP contribution < -0.4 is 4.74 Å². The third-order valence-corrected chi connectivity index (χ3v) is 5.75. The fraction of sp³-hybridized carbons (Fsp3) is 0.440. The zero-order chi connectivity index (χ0) is 24.2. The number of methoxy groups -OCH3 is 1. The Hall–Kier alpha value is -3.42. The van der Waals surface area contributed by atoms with E-state index in [1.807, 2.05) is 18.2 Å². The molecule has 0 saturated carbocycles. The Kier molecular flexibility index (Phi) is 7.36. The second-order valence-corrected chi connectivity index (χ2v) is 7.68. The van der Waals surface area contributed by atoms with Crippen molar-refractivity contribution in [1.29, 1.82) is 0 Å². The van der Waals surface area contributed by atoms with Crippen LogP contribution in [0.1, 0.15) is 48.1 Å². The number of carbonyl (C=O) groups is 3. The summed E-state index contributed by atoms with van der Waals surface area (Å²) in [5, 5.41) is 0. The lowest BCUT2D eigenvalue weighted by Gasteiger charge is -2.24. The predicted molar refractivity (Wildman–Crippen MR) is 120 cm³/mol. The van der Waals surface area contributed by atoms with Crippen LogP contribution in [0.4, 0.5) is 0 Å². The summed E-state index contributed by atoms with van der Waals surface area (Å²) in [6, 6.07) is 7.21. The number of esters is 3. The van der Waals surface area contributed by atoms with E-state index in [4.69, 9.17) is 18.9 Å². The molecule has 1 aliphatic rings. The largest absolute Gasteiger partial charge is 0.496 e. The molecule has 0 spiro atoms. The van der Waals surface area contributed by atoms with Crippen LogP contribution in [-0.4, -0.2) is 49.8 Å². The van der Waals surface area contributed by atoms with Crippen molar-refractivity contribution in [3.05, 3.63) is 46.8 Å². The van der Waals surface area contributed by atoms with Crippen LogP contribution in [0.5, 0.6) is 5.75 Å². The van der Waals surface area contributed by atoms with Gasteiger partial charge >= 0.3 is 17.9 Å². The van der Waals surface area contributed by atoms with Crippen molar-refractivity contribution < 1.29 is 33.3 Å². The molecule has 0 amide bonds. The number of rotatable bonds is 8. The summed E-state index contributed by atoms with van der Waals surface area (Å²) >= 11 is 0. The highest BCUT2D eigenvalue weighted by Crippen LogP contribution is 2.47. The molecule has 0 saturated heterocycles. The second-order valence-electron chi connectivity index (χ2n) is 7.68. The Morgan fingerprint density at radius 3 is 2.06 bits per heavy atom. The Morgan fingerprint density at radius 2 is 1.48 bits per heavy atom. The molecule has 0 aliphatic heterocycles. The van der Waals surface area contributed by atoms with E-state index in [2.05, 4.69) is 4.98 Å². The summed E-state index contributed by atoms with van der Waals surface area (Å²) in [6.07, 6.45) is 0.0905. The average Bonchev–Trinajstić information content (AvgIpc) is 3.22. The van der Waals surface area contributed by atoms with E-state index in [9.17, 15) is 14.4 Å². The van der Waals surface area contributed by atoms with Gasteiger partial charge in [-0.05, 0) is 44.9 Å². The monoisotopic (exact) mass is 455 g/mol. The molecule has 8 nitrogen and oxygen atoms in total. The number of nitrogens with zero attached hydrogens (tertiary/aromatic N) is 1. The van der Waals surface area contributed by atoms with Gasteiger partial charge in [0.1, 0.15) is 5.75 Å². The maximum Gasteiger partial charge on any atom is 0.357 e. The first-order valence-electron chi connectivity index (χ1n) is 11.0. The van der Waals surface area contributed by atoms with Gasteiger partial charge < -0.3 is 18.9 Å². The van der Waals surface area contributed by atoms with Crippen LogP contribution in [-0.2, 0) is 36.6 Å². The first-order valence-corrected chi connectivity index (χ1v) is 11.0. The van der Waals surface area contributed by atoms with Gasteiger partial charge in [0.15, 0.2) is 11.1 Å². The van der Waals surface area contributed by atoms with Crippen molar-refractivity contribution in [2.24, 2.45) is 5.41 Å². The van der Waals surface area contributed by atoms with E-state index in [1.54, 1.807) is 33.8 Å². The average molecular weight is 456 g/mol. The summed E-state index contributed by atoms with van der Waals surface area (Å²) in [4.78, 5) is 43.7. The van der Waals surface area contributed by atoms with Crippen molar-refractivity contribution >= 4 is 17.9 Å². The van der Waals surface area contributed by atoms with Gasteiger partial charge in [-0.1, -0.05) is 18.2 Å². The molecule has 8 heteroatoms. The Bertz CT molecular complexity index is 1060. The number of aryl methyl sites for hydroxylation is 1. The van der Waals surface area contributed by atoms with Gasteiger partial charge in [-0.15, -0.1) is 0 Å². The molecule has 0 fully saturated rings. The standard InChI is InChI=1S/C25H29NO7/c1-6-31-22(27)21-20(16-11-9-10-12-19(16)30-5)18-14-25(23(28)32-7-2,24(29)33-8-3)13-17(18)15(4)26-21/h9-12H,6-8,13-14H2,1-5H3. The van der Waals surface area contributed by atoms with E-state index >= 15 is 0 Å². The van der Waals surface area contributed by atoms with Gasteiger partial charge in [0.25, 0.3) is 0 Å². The van der Waals surface area contributed by atoms with E-state index < -0.39 is 23.3 Å². The Labute approximate surface area is 193 Å². The first-order chi connectivity index (χ1) is 15.8. The van der Waals surface area contributed by atoms with Gasteiger partial charge in [0.2, 0.25) is 0 Å². The molecule has 1 heterocycles. The molecule has 2 aromatic rings. The van der Waals surface area contributed by atoms with Gasteiger partial charge in [-0.25, -0.2) is 9.78 Å². The highest BCUT2D eigenvalue weighted by molar-refractivity contribution is 6.04. The maximum absolute atomic E-state index is 13.1. The van der Waals surface area contributed by atoms with Crippen molar-refractivity contribution in [1.82, 2.24) is 4.98 Å². The highest BCUT2D eigenvalue weighted by Gasteiger charge is 2.54. The SMILES string of the molecule is CCOC(=O)c1nc(C)c2c(c1-c1ccccc1OC)CC(C(=O)OCC)(C(=O)OCC)C2. The molecule has 176 valence electrons. The lowest BCUT2D eigenvalue weighted by Crippen LogP contribution is -2.43. The molecule has 1 aliphatic carbocycles. The number of hydrogen-bond acceptors (Lipinski definition) is 8. The van der Waals surface area contributed by atoms with Crippen LogP contribution in [0.2, 0.25) is 0 Å². The Morgan fingerprint density at radius 1 is 0.909 bits per heavy atom. The number of hydrogen-bond donors (Lipinski definition) is 0. The molecular formula is C25H29NO7. The van der Waals surface area contributed by atoms with E-state index in [-0.39, 0.29) is 38.4 Å². The smallest absolute Gasteiger partial charge is 0.357 e. The molecule has 1 aromatic carbocycles. The third-order valence-electron chi connectivity index (χ3n) is 5.75. The molecule has 0 atom stereocenters. The topological polar surface area (TPSA) is 101 Å². The summed E-state index contributed by atoms with van der Waals surface area (Å²) < 4.78 is 21.4. The van der Waals surface area contributed by atoms with Gasteiger partial charge in [0, 0.05) is 29.7 Å². The molecule has 1 aromatic heterocycles. The van der Waals surface area contributed by atoms with Crippen molar-refractivity contribution in [3.8, 4) is 16.9 Å². The molecule has 0 bridgehead atoms. The number of benzene rings is 1. The van der Waals surface area contributed by atoms with Gasteiger partial charge in [0.05, 0.1) is 26.9 Å². The first kappa shape index (κ1) is 24.2. The fourth-order valence-electron chi connectivity index (χ4n) is 4.30. The number of carbonyl (C=O) groups excluding carboxylic acids is 3. The van der Waals surface area contributed by atoms with E-state index in [1.165, 1.54) is 7.11 Å². The lowest BCUT2D eigenvalue weighted by atomic mass is 9.84. The van der Waals surface area contributed by atoms with Crippen molar-refractivity contribution in [2.75, 3.05) is 26.9 Å². The zero-order valence-electron chi connectivity index (χ0n) is 19.6. The minimum absolute atomic E-state index is 0.0170. The zero-order valence-corrected chi connectivity index (χ0v) is 19.6. The predicted octanol–water partition coefficient (Wildman–Crippen LogP) is 3.45. The van der Waals surface area contributed by atoms with Crippen LogP contribution in [0.25, 0.3) is 11.1 Å². The maximum atomic E-state index is 13.1. The molecule has 3 rings (SSSR count). The number of para-hydroxylation sites is 1. The number of fused-ring (bicyclic) bond motifs is 1. The van der Waals surface area contributed by atoms with E-state index in [0.29, 0.717) is 33.7 Å². The third kappa shape index (κ3) is 4.29. The summed E-state index contributed by atoms with van der Waals surface area (Å²) in [5.41, 5.74) is 1.59. The number of aromatic nitrogens is 1. The quantitative estimate of drug-likeness (QED) is 0.339. The highest BCUT2D eigenvalue weighted by atomic mass is 16.6. The van der Waals surface area contributed by atoms with Crippen molar-refractivity contribution in [2.45, 2.75) is 40.5 Å². The van der Waals surface area contributed by atoms with Crippen LogP contribution >= 0.6 is 0 Å². The van der Waals surface area contributed by atoms with Gasteiger partial charge in [-0.2, -0.15) is 0 Å². The Balaban J connectivity index is 2.31. The molecule has 33 heavy (non-hydrogen) atoms. The van der Waals surface area contributed by atoms with E-state index in [0.717, 1.165) is 0 Å². The molecule has 0 unspecified atom stereocenters. The minimum Gasteiger partial charge on any atom is -0.496 e. The fourth-order valence-corrected chi connectivity index (χ4v) is 4.30. The summed E-state index contributed by atoms with van der Waals surface area (Å²) in [6.45, 7) is 7.27. The lowest BCUT2D eigenvalue weighted by molar-refractivity contribution is -0.171. The molecule has 0 N–H and O–H groups in total. The van der Waals surface area contributed by atoms with Crippen LogP contribution in [0.3, 0.4) is 0 Å². The van der Waals surface area contributed by atoms with Crippen molar-refractivity contribution in [3.63, 3.8) is 0 Å². The van der Waals surface area contributed by atoms with Crippen LogP contribution in [0, 0.1) is 12.3 Å². The minimum atomic E-state index is -1.55. The number of ether oxygens (including phenoxy) is 4. The summed E-state index contributed by atoms with van der Waals surface area (Å²) in [5.74, 6) is -1.36. The summed E-state index contributed by atoms with van der Waals surface area (Å²) in [7, 11) is 1.53.